The molecule has 108 valence electrons. The number of unbranched alkanes of at least 4 members (excludes halogenated alkanes) is 1. The SMILES string of the molecule is CCCC[C@@H](O)[C@@H](N)c1cccc(C(F)(F)F)c1F. The lowest BCUT2D eigenvalue weighted by Gasteiger charge is -2.21. The van der Waals surface area contributed by atoms with Crippen LogP contribution >= 0.6 is 0 Å². The van der Waals surface area contributed by atoms with E-state index >= 15 is 0 Å². The summed E-state index contributed by atoms with van der Waals surface area (Å²) in [5.74, 6) is -1.40. The molecule has 0 aromatic heterocycles. The first kappa shape index (κ1) is 15.9. The molecule has 0 saturated carbocycles. The summed E-state index contributed by atoms with van der Waals surface area (Å²) < 4.78 is 51.4. The van der Waals surface area contributed by atoms with Crippen LogP contribution in [0.15, 0.2) is 18.2 Å². The third-order valence-corrected chi connectivity index (χ3v) is 2.96. The number of benzene rings is 1. The fraction of sp³-hybridized carbons (Fsp3) is 0.538. The summed E-state index contributed by atoms with van der Waals surface area (Å²) in [6.45, 7) is 1.91. The van der Waals surface area contributed by atoms with Crippen molar-refractivity contribution in [2.24, 2.45) is 5.73 Å². The summed E-state index contributed by atoms with van der Waals surface area (Å²) in [6, 6.07) is 1.76. The van der Waals surface area contributed by atoms with E-state index in [1.165, 1.54) is 6.07 Å². The lowest BCUT2D eigenvalue weighted by atomic mass is 9.96. The van der Waals surface area contributed by atoms with Crippen molar-refractivity contribution < 1.29 is 22.7 Å². The quantitative estimate of drug-likeness (QED) is 0.811. The summed E-state index contributed by atoms with van der Waals surface area (Å²) in [5, 5.41) is 9.75. The first-order valence-corrected chi connectivity index (χ1v) is 6.08. The highest BCUT2D eigenvalue weighted by Gasteiger charge is 2.36. The van der Waals surface area contributed by atoms with E-state index in [4.69, 9.17) is 5.73 Å². The van der Waals surface area contributed by atoms with Crippen LogP contribution in [-0.4, -0.2) is 11.2 Å². The molecule has 1 rings (SSSR count). The van der Waals surface area contributed by atoms with E-state index in [2.05, 4.69) is 0 Å². The zero-order valence-corrected chi connectivity index (χ0v) is 10.5. The Balaban J connectivity index is 3.01. The van der Waals surface area contributed by atoms with Crippen LogP contribution in [0.1, 0.15) is 43.4 Å². The van der Waals surface area contributed by atoms with Crippen molar-refractivity contribution in [2.45, 2.75) is 44.5 Å². The highest BCUT2D eigenvalue weighted by atomic mass is 19.4. The molecule has 1 aromatic rings. The van der Waals surface area contributed by atoms with Crippen LogP contribution in [0, 0.1) is 5.82 Å². The molecular formula is C13H17F4NO. The average Bonchev–Trinajstić information content (AvgIpc) is 2.34. The molecule has 0 amide bonds. The zero-order chi connectivity index (χ0) is 14.6. The Hall–Kier alpha value is -1.14. The molecule has 3 N–H and O–H groups in total. The Morgan fingerprint density at radius 2 is 1.95 bits per heavy atom. The topological polar surface area (TPSA) is 46.2 Å². The molecule has 0 aliphatic heterocycles. The Labute approximate surface area is 109 Å². The number of alkyl halides is 3. The van der Waals surface area contributed by atoms with E-state index < -0.39 is 29.7 Å². The number of nitrogens with two attached hydrogens (primary N) is 1. The predicted molar refractivity (Wildman–Crippen MR) is 63.9 cm³/mol. The van der Waals surface area contributed by atoms with Gasteiger partial charge in [-0.05, 0) is 12.5 Å². The fourth-order valence-electron chi connectivity index (χ4n) is 1.83. The molecule has 2 nitrogen and oxygen atoms in total. The highest BCUT2D eigenvalue weighted by molar-refractivity contribution is 5.30. The molecule has 0 bridgehead atoms. The summed E-state index contributed by atoms with van der Waals surface area (Å²) in [7, 11) is 0. The molecule has 0 aliphatic carbocycles. The van der Waals surface area contributed by atoms with Crippen molar-refractivity contribution in [3.8, 4) is 0 Å². The number of rotatable bonds is 5. The third-order valence-electron chi connectivity index (χ3n) is 2.96. The van der Waals surface area contributed by atoms with E-state index in [-0.39, 0.29) is 5.56 Å². The van der Waals surface area contributed by atoms with Gasteiger partial charge in [-0.3, -0.25) is 0 Å². The molecule has 6 heteroatoms. The minimum Gasteiger partial charge on any atom is -0.391 e. The third kappa shape index (κ3) is 3.91. The summed E-state index contributed by atoms with van der Waals surface area (Å²) in [6.07, 6.45) is -4.01. The van der Waals surface area contributed by atoms with Crippen molar-refractivity contribution in [2.75, 3.05) is 0 Å². The van der Waals surface area contributed by atoms with Gasteiger partial charge in [0, 0.05) is 5.56 Å². The molecule has 0 radical (unpaired) electrons. The van der Waals surface area contributed by atoms with Crippen LogP contribution < -0.4 is 5.73 Å². The number of hydrogen-bond donors (Lipinski definition) is 2. The highest BCUT2D eigenvalue weighted by Crippen LogP contribution is 2.34. The monoisotopic (exact) mass is 279 g/mol. The number of aliphatic hydroxyl groups excluding tert-OH is 1. The van der Waals surface area contributed by atoms with E-state index in [0.29, 0.717) is 18.9 Å². The second kappa shape index (κ2) is 6.34. The molecule has 19 heavy (non-hydrogen) atoms. The van der Waals surface area contributed by atoms with Crippen LogP contribution in [0.2, 0.25) is 0 Å². The first-order valence-electron chi connectivity index (χ1n) is 6.08. The van der Waals surface area contributed by atoms with Crippen LogP contribution in [0.5, 0.6) is 0 Å². The van der Waals surface area contributed by atoms with Crippen LogP contribution in [-0.2, 0) is 6.18 Å². The lowest BCUT2D eigenvalue weighted by molar-refractivity contribution is -0.140. The average molecular weight is 279 g/mol. The number of aliphatic hydroxyl groups is 1. The Bertz CT molecular complexity index is 420. The molecule has 0 fully saturated rings. The van der Waals surface area contributed by atoms with Gasteiger partial charge in [0.2, 0.25) is 0 Å². The van der Waals surface area contributed by atoms with E-state index in [9.17, 15) is 22.7 Å². The van der Waals surface area contributed by atoms with Gasteiger partial charge in [-0.15, -0.1) is 0 Å². The fourth-order valence-corrected chi connectivity index (χ4v) is 1.83. The summed E-state index contributed by atoms with van der Waals surface area (Å²) >= 11 is 0. The maximum absolute atomic E-state index is 13.8. The van der Waals surface area contributed by atoms with E-state index in [0.717, 1.165) is 12.5 Å². The van der Waals surface area contributed by atoms with Crippen molar-refractivity contribution >= 4 is 0 Å². The van der Waals surface area contributed by atoms with Gasteiger partial charge in [0.1, 0.15) is 5.82 Å². The van der Waals surface area contributed by atoms with E-state index in [1.54, 1.807) is 0 Å². The van der Waals surface area contributed by atoms with Crippen LogP contribution in [0.4, 0.5) is 17.6 Å². The minimum atomic E-state index is -4.77. The normalized spacial score (nSPS) is 15.3. The Morgan fingerprint density at radius 3 is 2.47 bits per heavy atom. The molecule has 0 aliphatic rings. The van der Waals surface area contributed by atoms with Crippen molar-refractivity contribution in [3.63, 3.8) is 0 Å². The van der Waals surface area contributed by atoms with Gasteiger partial charge in [-0.25, -0.2) is 4.39 Å². The predicted octanol–water partition coefficient (Wildman–Crippen LogP) is 3.40. The molecule has 0 unspecified atom stereocenters. The van der Waals surface area contributed by atoms with Crippen LogP contribution in [0.25, 0.3) is 0 Å². The summed E-state index contributed by atoms with van der Waals surface area (Å²) in [4.78, 5) is 0. The van der Waals surface area contributed by atoms with Gasteiger partial charge in [-0.2, -0.15) is 13.2 Å². The van der Waals surface area contributed by atoms with E-state index in [1.807, 2.05) is 6.92 Å². The van der Waals surface area contributed by atoms with Gasteiger partial charge < -0.3 is 10.8 Å². The Kier molecular flexibility index (Phi) is 5.31. The molecule has 1 aromatic carbocycles. The standard InChI is InChI=1S/C13H17F4NO/c1-2-3-7-10(19)12(18)8-5-4-6-9(11(8)14)13(15,16)17/h4-6,10,12,19H,2-3,7,18H2,1H3/t10-,12+/m1/s1. The minimum absolute atomic E-state index is 0.307. The van der Waals surface area contributed by atoms with Gasteiger partial charge in [-0.1, -0.05) is 31.9 Å². The molecule has 0 heterocycles. The Morgan fingerprint density at radius 1 is 1.32 bits per heavy atom. The van der Waals surface area contributed by atoms with Gasteiger partial charge in [0.05, 0.1) is 17.7 Å². The van der Waals surface area contributed by atoms with Crippen LogP contribution in [0.3, 0.4) is 0 Å². The van der Waals surface area contributed by atoms with Gasteiger partial charge in [0.25, 0.3) is 0 Å². The molecule has 0 saturated heterocycles. The largest absolute Gasteiger partial charge is 0.419 e. The van der Waals surface area contributed by atoms with Crippen molar-refractivity contribution in [3.05, 3.63) is 35.1 Å². The molecule has 2 atom stereocenters. The first-order chi connectivity index (χ1) is 8.79. The maximum atomic E-state index is 13.8. The summed E-state index contributed by atoms with van der Waals surface area (Å²) in [5.41, 5.74) is 3.97. The zero-order valence-electron chi connectivity index (χ0n) is 10.5. The maximum Gasteiger partial charge on any atom is 0.419 e. The molecule has 0 spiro atoms. The number of halogens is 4. The van der Waals surface area contributed by atoms with Crippen molar-refractivity contribution in [1.29, 1.82) is 0 Å². The van der Waals surface area contributed by atoms with Gasteiger partial charge in [0.15, 0.2) is 0 Å². The second-order valence-electron chi connectivity index (χ2n) is 4.44. The number of hydrogen-bond acceptors (Lipinski definition) is 2. The van der Waals surface area contributed by atoms with Crippen molar-refractivity contribution in [1.82, 2.24) is 0 Å². The molecular weight excluding hydrogens is 262 g/mol. The smallest absolute Gasteiger partial charge is 0.391 e. The second-order valence-corrected chi connectivity index (χ2v) is 4.44. The van der Waals surface area contributed by atoms with Gasteiger partial charge >= 0.3 is 6.18 Å². The lowest BCUT2D eigenvalue weighted by Crippen LogP contribution is -2.28.